The summed E-state index contributed by atoms with van der Waals surface area (Å²) in [5, 5.41) is 8.67. The summed E-state index contributed by atoms with van der Waals surface area (Å²) in [7, 11) is 0. The highest BCUT2D eigenvalue weighted by Crippen LogP contribution is 2.17. The van der Waals surface area contributed by atoms with Gasteiger partial charge >= 0.3 is 5.97 Å². The van der Waals surface area contributed by atoms with Gasteiger partial charge in [0.05, 0.1) is 0 Å². The summed E-state index contributed by atoms with van der Waals surface area (Å²) < 4.78 is 0. The van der Waals surface area contributed by atoms with Crippen LogP contribution in [0.15, 0.2) is 0 Å². The molecule has 0 spiro atoms. The van der Waals surface area contributed by atoms with Crippen LogP contribution >= 0.6 is 0 Å². The highest BCUT2D eigenvalue weighted by atomic mass is 16.4. The number of hydrogen-bond donors (Lipinski definition) is 2. The number of nitrogens with zero attached hydrogens (tertiary/aromatic N) is 1. The van der Waals surface area contributed by atoms with Gasteiger partial charge in [0.1, 0.15) is 12.6 Å². The van der Waals surface area contributed by atoms with Gasteiger partial charge in [-0.15, -0.1) is 0 Å². The lowest BCUT2D eigenvalue weighted by Crippen LogP contribution is -2.43. The van der Waals surface area contributed by atoms with E-state index in [-0.39, 0.29) is 25.3 Å². The Morgan fingerprint density at radius 2 is 2.23 bits per heavy atom. The van der Waals surface area contributed by atoms with Crippen molar-refractivity contribution >= 4 is 17.8 Å². The van der Waals surface area contributed by atoms with E-state index in [0.717, 1.165) is 4.90 Å². The van der Waals surface area contributed by atoms with E-state index in [2.05, 4.69) is 0 Å². The molecule has 0 aromatic heterocycles. The SMILES string of the molecule is NC(=O)CN1C(=O)CCC1C(=O)O. The molecule has 13 heavy (non-hydrogen) atoms. The molecule has 1 fully saturated rings. The zero-order valence-electron chi connectivity index (χ0n) is 6.90. The minimum absolute atomic E-state index is 0.171. The number of nitrogens with two attached hydrogens (primary N) is 1. The largest absolute Gasteiger partial charge is 0.480 e. The van der Waals surface area contributed by atoms with Crippen molar-refractivity contribution in [1.82, 2.24) is 4.90 Å². The lowest BCUT2D eigenvalue weighted by molar-refractivity contribution is -0.147. The van der Waals surface area contributed by atoms with Gasteiger partial charge in [-0.3, -0.25) is 9.59 Å². The van der Waals surface area contributed by atoms with Crippen LogP contribution in [0, 0.1) is 0 Å². The fourth-order valence-corrected chi connectivity index (χ4v) is 1.36. The summed E-state index contributed by atoms with van der Waals surface area (Å²) in [4.78, 5) is 33.2. The molecule has 1 aliphatic rings. The van der Waals surface area contributed by atoms with E-state index in [4.69, 9.17) is 10.8 Å². The number of primary amides is 1. The minimum Gasteiger partial charge on any atom is -0.480 e. The molecule has 0 aromatic rings. The number of carbonyl (C=O) groups excluding carboxylic acids is 2. The second-order valence-electron chi connectivity index (χ2n) is 2.88. The zero-order valence-corrected chi connectivity index (χ0v) is 6.90. The second-order valence-corrected chi connectivity index (χ2v) is 2.88. The number of rotatable bonds is 3. The van der Waals surface area contributed by atoms with Crippen molar-refractivity contribution in [2.75, 3.05) is 6.54 Å². The molecule has 1 saturated heterocycles. The molecule has 0 aliphatic carbocycles. The van der Waals surface area contributed by atoms with Crippen LogP contribution in [-0.2, 0) is 14.4 Å². The van der Waals surface area contributed by atoms with Crippen molar-refractivity contribution in [2.45, 2.75) is 18.9 Å². The molecular weight excluding hydrogens is 176 g/mol. The third-order valence-electron chi connectivity index (χ3n) is 1.94. The monoisotopic (exact) mass is 186 g/mol. The lowest BCUT2D eigenvalue weighted by atomic mass is 10.2. The predicted molar refractivity (Wildman–Crippen MR) is 41.6 cm³/mol. The Morgan fingerprint density at radius 3 is 2.69 bits per heavy atom. The summed E-state index contributed by atoms with van der Waals surface area (Å²) in [6, 6.07) is -0.889. The first-order valence-corrected chi connectivity index (χ1v) is 3.83. The summed E-state index contributed by atoms with van der Waals surface area (Å²) >= 11 is 0. The van der Waals surface area contributed by atoms with Gasteiger partial charge < -0.3 is 15.7 Å². The van der Waals surface area contributed by atoms with E-state index >= 15 is 0 Å². The van der Waals surface area contributed by atoms with Crippen LogP contribution in [0.25, 0.3) is 0 Å². The first kappa shape index (κ1) is 9.50. The molecule has 0 bridgehead atoms. The summed E-state index contributed by atoms with van der Waals surface area (Å²) in [5.74, 6) is -2.11. The van der Waals surface area contributed by atoms with Crippen molar-refractivity contribution < 1.29 is 19.5 Å². The van der Waals surface area contributed by atoms with Crippen LogP contribution in [0.3, 0.4) is 0 Å². The van der Waals surface area contributed by atoms with Gasteiger partial charge in [0.2, 0.25) is 11.8 Å². The van der Waals surface area contributed by atoms with Crippen molar-refractivity contribution in [3.63, 3.8) is 0 Å². The van der Waals surface area contributed by atoms with Gasteiger partial charge in [-0.05, 0) is 6.42 Å². The lowest BCUT2D eigenvalue weighted by Gasteiger charge is -2.19. The first-order chi connectivity index (χ1) is 6.02. The number of carbonyl (C=O) groups is 3. The third kappa shape index (κ3) is 1.95. The molecule has 1 heterocycles. The Kier molecular flexibility index (Phi) is 2.50. The molecule has 6 heteroatoms. The van der Waals surface area contributed by atoms with Crippen molar-refractivity contribution in [3.05, 3.63) is 0 Å². The highest BCUT2D eigenvalue weighted by Gasteiger charge is 2.36. The second kappa shape index (κ2) is 3.42. The Bertz CT molecular complexity index is 263. The van der Waals surface area contributed by atoms with E-state index in [1.165, 1.54) is 0 Å². The number of amides is 2. The molecule has 3 N–H and O–H groups in total. The quantitative estimate of drug-likeness (QED) is 0.562. The molecule has 2 amide bonds. The van der Waals surface area contributed by atoms with Gasteiger partial charge in [-0.2, -0.15) is 0 Å². The highest BCUT2D eigenvalue weighted by molar-refractivity contribution is 5.90. The molecule has 1 aliphatic heterocycles. The Balaban J connectivity index is 2.71. The molecule has 6 nitrogen and oxygen atoms in total. The predicted octanol–water partition coefficient (Wildman–Crippen LogP) is -1.45. The maximum Gasteiger partial charge on any atom is 0.326 e. The normalized spacial score (nSPS) is 22.0. The van der Waals surface area contributed by atoms with E-state index in [9.17, 15) is 14.4 Å². The van der Waals surface area contributed by atoms with Crippen LogP contribution in [-0.4, -0.2) is 40.4 Å². The van der Waals surface area contributed by atoms with E-state index in [1.807, 2.05) is 0 Å². The number of carboxylic acid groups (broad SMARTS) is 1. The van der Waals surface area contributed by atoms with Crippen molar-refractivity contribution in [1.29, 1.82) is 0 Å². The summed E-state index contributed by atoms with van der Waals surface area (Å²) in [5.41, 5.74) is 4.87. The fraction of sp³-hybridized carbons (Fsp3) is 0.571. The number of carboxylic acids is 1. The Hall–Kier alpha value is -1.59. The maximum atomic E-state index is 11.1. The average molecular weight is 186 g/mol. The van der Waals surface area contributed by atoms with Gasteiger partial charge in [0.15, 0.2) is 0 Å². The zero-order chi connectivity index (χ0) is 10.0. The van der Waals surface area contributed by atoms with Gasteiger partial charge in [0.25, 0.3) is 0 Å². The van der Waals surface area contributed by atoms with Crippen LogP contribution in [0.1, 0.15) is 12.8 Å². The van der Waals surface area contributed by atoms with Gasteiger partial charge in [-0.25, -0.2) is 4.79 Å². The smallest absolute Gasteiger partial charge is 0.326 e. The fourth-order valence-electron chi connectivity index (χ4n) is 1.36. The molecule has 1 rings (SSSR count). The summed E-state index contributed by atoms with van der Waals surface area (Å²) in [6.07, 6.45) is 0.422. The number of aliphatic carboxylic acids is 1. The third-order valence-corrected chi connectivity index (χ3v) is 1.94. The average Bonchev–Trinajstić information content (AvgIpc) is 2.32. The van der Waals surface area contributed by atoms with E-state index in [0.29, 0.717) is 0 Å². The summed E-state index contributed by atoms with van der Waals surface area (Å²) in [6.45, 7) is -0.310. The maximum absolute atomic E-state index is 11.1. The molecular formula is C7H10N2O4. The van der Waals surface area contributed by atoms with Gasteiger partial charge in [-0.1, -0.05) is 0 Å². The van der Waals surface area contributed by atoms with Crippen molar-refractivity contribution in [2.24, 2.45) is 5.73 Å². The number of hydrogen-bond acceptors (Lipinski definition) is 3. The topological polar surface area (TPSA) is 101 Å². The van der Waals surface area contributed by atoms with Crippen LogP contribution in [0.5, 0.6) is 0 Å². The molecule has 1 unspecified atom stereocenters. The Labute approximate surface area is 74.3 Å². The molecule has 0 radical (unpaired) electrons. The van der Waals surface area contributed by atoms with Gasteiger partial charge in [0, 0.05) is 6.42 Å². The molecule has 0 aromatic carbocycles. The molecule has 0 saturated carbocycles. The van der Waals surface area contributed by atoms with Crippen LogP contribution < -0.4 is 5.73 Å². The molecule has 1 atom stereocenters. The first-order valence-electron chi connectivity index (χ1n) is 3.83. The Morgan fingerprint density at radius 1 is 1.62 bits per heavy atom. The van der Waals surface area contributed by atoms with Crippen molar-refractivity contribution in [3.8, 4) is 0 Å². The van der Waals surface area contributed by atoms with E-state index < -0.39 is 17.9 Å². The number of likely N-dealkylation sites (tertiary alicyclic amines) is 1. The molecule has 72 valence electrons. The van der Waals surface area contributed by atoms with E-state index in [1.54, 1.807) is 0 Å². The minimum atomic E-state index is -1.09. The van der Waals surface area contributed by atoms with Crippen LogP contribution in [0.2, 0.25) is 0 Å². The standard InChI is InChI=1S/C7H10N2O4/c8-5(10)3-9-4(7(12)13)1-2-6(9)11/h4H,1-3H2,(H2,8,10)(H,12,13). The van der Waals surface area contributed by atoms with Crippen LogP contribution in [0.4, 0.5) is 0 Å².